The van der Waals surface area contributed by atoms with Crippen LogP contribution < -0.4 is 15.8 Å². The van der Waals surface area contributed by atoms with E-state index in [0.717, 1.165) is 23.8 Å². The summed E-state index contributed by atoms with van der Waals surface area (Å²) in [4.78, 5) is 4.24. The monoisotopic (exact) mass is 331 g/mol. The summed E-state index contributed by atoms with van der Waals surface area (Å²) < 4.78 is 31.9. The Kier molecular flexibility index (Phi) is 4.93. The fourth-order valence-corrected chi connectivity index (χ4v) is 2.78. The molecule has 0 bridgehead atoms. The minimum atomic E-state index is -0.584. The van der Waals surface area contributed by atoms with Gasteiger partial charge in [0.1, 0.15) is 17.4 Å². The first-order chi connectivity index (χ1) is 11.6. The number of guanidine groups is 1. The number of para-hydroxylation sites is 1. The van der Waals surface area contributed by atoms with Crippen molar-refractivity contribution in [3.05, 3.63) is 65.2 Å². The van der Waals surface area contributed by atoms with Gasteiger partial charge in [-0.15, -0.1) is 0 Å². The fraction of sp³-hybridized carbons (Fsp3) is 0.278. The zero-order chi connectivity index (χ0) is 16.9. The predicted octanol–water partition coefficient (Wildman–Crippen LogP) is 2.94. The lowest BCUT2D eigenvalue weighted by atomic mass is 10.0. The maximum Gasteiger partial charge on any atom is 0.189 e. The molecule has 2 aromatic carbocycles. The number of halogens is 2. The number of nitrogens with one attached hydrogen (secondary N) is 1. The number of rotatable bonds is 4. The molecule has 2 aromatic rings. The average molecular weight is 331 g/mol. The first kappa shape index (κ1) is 16.2. The predicted molar refractivity (Wildman–Crippen MR) is 89.0 cm³/mol. The zero-order valence-electron chi connectivity index (χ0n) is 13.1. The molecule has 6 heteroatoms. The highest BCUT2D eigenvalue weighted by Crippen LogP contribution is 2.31. The second-order valence-corrected chi connectivity index (χ2v) is 5.67. The highest BCUT2D eigenvalue weighted by atomic mass is 19.1. The molecule has 1 unspecified atom stereocenters. The summed E-state index contributed by atoms with van der Waals surface area (Å²) in [7, 11) is 0. The molecule has 24 heavy (non-hydrogen) atoms. The number of hydrogen-bond acceptors (Lipinski definition) is 2. The van der Waals surface area contributed by atoms with Crippen molar-refractivity contribution in [2.45, 2.75) is 18.9 Å². The first-order valence-corrected chi connectivity index (χ1v) is 7.85. The largest absolute Gasteiger partial charge is 0.493 e. The van der Waals surface area contributed by atoms with Crippen LogP contribution in [0.4, 0.5) is 8.78 Å². The van der Waals surface area contributed by atoms with E-state index in [1.54, 1.807) is 0 Å². The number of benzene rings is 2. The third-order valence-corrected chi connectivity index (χ3v) is 3.89. The van der Waals surface area contributed by atoms with Crippen LogP contribution >= 0.6 is 0 Å². The molecule has 0 saturated heterocycles. The minimum absolute atomic E-state index is 0.0466. The molecule has 1 atom stereocenters. The van der Waals surface area contributed by atoms with Crippen LogP contribution in [0.5, 0.6) is 5.75 Å². The molecule has 126 valence electrons. The standard InChI is InChI=1S/C18H19F2N3O/c19-13-9-12(10-14(20)11-13)5-7-22-18(21)23-16-6-8-24-17-4-2-1-3-15(16)17/h1-4,9-11,16H,5-8H2,(H3,21,22,23). The Hall–Kier alpha value is -2.63. The van der Waals surface area contributed by atoms with E-state index in [0.29, 0.717) is 31.1 Å². The van der Waals surface area contributed by atoms with E-state index in [1.165, 1.54) is 12.1 Å². The molecular weight excluding hydrogens is 312 g/mol. The van der Waals surface area contributed by atoms with Gasteiger partial charge in [0.2, 0.25) is 0 Å². The summed E-state index contributed by atoms with van der Waals surface area (Å²) in [5, 5.41) is 3.18. The lowest BCUT2D eigenvalue weighted by molar-refractivity contribution is 0.262. The van der Waals surface area contributed by atoms with E-state index >= 15 is 0 Å². The van der Waals surface area contributed by atoms with Crippen LogP contribution in [0, 0.1) is 11.6 Å². The van der Waals surface area contributed by atoms with Crippen LogP contribution in [-0.2, 0) is 6.42 Å². The molecule has 1 aliphatic rings. The lowest BCUT2D eigenvalue weighted by Crippen LogP contribution is -2.37. The van der Waals surface area contributed by atoms with E-state index in [9.17, 15) is 8.78 Å². The van der Waals surface area contributed by atoms with Gasteiger partial charge in [0.15, 0.2) is 5.96 Å². The Bertz CT molecular complexity index is 729. The van der Waals surface area contributed by atoms with Crippen LogP contribution in [0.3, 0.4) is 0 Å². The number of fused-ring (bicyclic) bond motifs is 1. The van der Waals surface area contributed by atoms with Crippen LogP contribution in [0.25, 0.3) is 0 Å². The van der Waals surface area contributed by atoms with E-state index in [4.69, 9.17) is 10.5 Å². The SMILES string of the molecule is NC(=NCCc1cc(F)cc(F)c1)NC1CCOc2ccccc21. The summed E-state index contributed by atoms with van der Waals surface area (Å²) >= 11 is 0. The van der Waals surface area contributed by atoms with E-state index < -0.39 is 11.6 Å². The number of aliphatic imine (C=N–C) groups is 1. The summed E-state index contributed by atoms with van der Waals surface area (Å²) in [6, 6.07) is 11.3. The van der Waals surface area contributed by atoms with Crippen molar-refractivity contribution in [2.24, 2.45) is 10.7 Å². The Labute approximate surface area is 139 Å². The highest BCUT2D eigenvalue weighted by Gasteiger charge is 2.21. The van der Waals surface area contributed by atoms with Gasteiger partial charge >= 0.3 is 0 Å². The molecule has 4 nitrogen and oxygen atoms in total. The molecule has 0 saturated carbocycles. The first-order valence-electron chi connectivity index (χ1n) is 7.85. The number of hydrogen-bond donors (Lipinski definition) is 2. The molecule has 0 radical (unpaired) electrons. The lowest BCUT2D eigenvalue weighted by Gasteiger charge is -2.26. The smallest absolute Gasteiger partial charge is 0.189 e. The second-order valence-electron chi connectivity index (χ2n) is 5.67. The number of nitrogens with two attached hydrogens (primary N) is 1. The minimum Gasteiger partial charge on any atom is -0.493 e. The van der Waals surface area contributed by atoms with Gasteiger partial charge in [0.05, 0.1) is 12.6 Å². The van der Waals surface area contributed by atoms with Crippen LogP contribution in [0.15, 0.2) is 47.5 Å². The second kappa shape index (κ2) is 7.29. The Morgan fingerprint density at radius 2 is 1.96 bits per heavy atom. The molecule has 0 amide bonds. The van der Waals surface area contributed by atoms with Crippen molar-refractivity contribution in [3.63, 3.8) is 0 Å². The maximum atomic E-state index is 13.1. The van der Waals surface area contributed by atoms with E-state index in [2.05, 4.69) is 10.3 Å². The Balaban J connectivity index is 1.59. The van der Waals surface area contributed by atoms with Crippen LogP contribution in [-0.4, -0.2) is 19.1 Å². The molecule has 0 spiro atoms. The molecular formula is C18H19F2N3O. The van der Waals surface area contributed by atoms with Gasteiger partial charge in [-0.05, 0) is 30.2 Å². The normalized spacial score (nSPS) is 17.1. The van der Waals surface area contributed by atoms with Gasteiger partial charge in [-0.3, -0.25) is 4.99 Å². The third-order valence-electron chi connectivity index (χ3n) is 3.89. The van der Waals surface area contributed by atoms with Crippen molar-refractivity contribution in [3.8, 4) is 5.75 Å². The molecule has 3 N–H and O–H groups in total. The van der Waals surface area contributed by atoms with Crippen molar-refractivity contribution in [1.29, 1.82) is 0 Å². The van der Waals surface area contributed by atoms with E-state index in [-0.39, 0.29) is 6.04 Å². The van der Waals surface area contributed by atoms with Gasteiger partial charge < -0.3 is 15.8 Å². The van der Waals surface area contributed by atoms with Crippen molar-refractivity contribution >= 4 is 5.96 Å². The van der Waals surface area contributed by atoms with Crippen molar-refractivity contribution in [2.75, 3.05) is 13.2 Å². The zero-order valence-corrected chi connectivity index (χ0v) is 13.1. The molecule has 0 aromatic heterocycles. The molecule has 1 aliphatic heterocycles. The number of ether oxygens (including phenoxy) is 1. The van der Waals surface area contributed by atoms with Gasteiger partial charge in [-0.25, -0.2) is 8.78 Å². The quantitative estimate of drug-likeness (QED) is 0.669. The Morgan fingerprint density at radius 3 is 2.75 bits per heavy atom. The maximum absolute atomic E-state index is 13.1. The van der Waals surface area contributed by atoms with Gasteiger partial charge in [0, 0.05) is 24.6 Å². The van der Waals surface area contributed by atoms with Crippen LogP contribution in [0.2, 0.25) is 0 Å². The summed E-state index contributed by atoms with van der Waals surface area (Å²) in [5.74, 6) is -0.00403. The number of nitrogens with zero attached hydrogens (tertiary/aromatic N) is 1. The van der Waals surface area contributed by atoms with Crippen LogP contribution in [0.1, 0.15) is 23.6 Å². The van der Waals surface area contributed by atoms with Crippen molar-refractivity contribution < 1.29 is 13.5 Å². The van der Waals surface area contributed by atoms with Crippen molar-refractivity contribution in [1.82, 2.24) is 5.32 Å². The van der Waals surface area contributed by atoms with Gasteiger partial charge in [-0.1, -0.05) is 18.2 Å². The van der Waals surface area contributed by atoms with Gasteiger partial charge in [0.25, 0.3) is 0 Å². The van der Waals surface area contributed by atoms with E-state index in [1.807, 2.05) is 24.3 Å². The third kappa shape index (κ3) is 4.01. The molecule has 1 heterocycles. The summed E-state index contributed by atoms with van der Waals surface area (Å²) in [6.07, 6.45) is 1.21. The average Bonchev–Trinajstić information content (AvgIpc) is 2.54. The Morgan fingerprint density at radius 1 is 1.21 bits per heavy atom. The molecule has 3 rings (SSSR count). The fourth-order valence-electron chi connectivity index (χ4n) is 2.78. The summed E-state index contributed by atoms with van der Waals surface area (Å²) in [6.45, 7) is 0.969. The van der Waals surface area contributed by atoms with Gasteiger partial charge in [-0.2, -0.15) is 0 Å². The highest BCUT2D eigenvalue weighted by molar-refractivity contribution is 5.78. The molecule has 0 aliphatic carbocycles. The molecule has 0 fully saturated rings. The topological polar surface area (TPSA) is 59.6 Å². The summed E-state index contributed by atoms with van der Waals surface area (Å²) in [5.41, 5.74) is 7.54.